The third-order valence-corrected chi connectivity index (χ3v) is 6.30. The number of hydrogen-bond acceptors (Lipinski definition) is 9. The highest BCUT2D eigenvalue weighted by Crippen LogP contribution is 2.33. The summed E-state index contributed by atoms with van der Waals surface area (Å²) < 4.78 is 103. The van der Waals surface area contributed by atoms with Crippen molar-refractivity contribution in [2.45, 2.75) is 31.0 Å². The molecule has 2 heterocycles. The maximum absolute atomic E-state index is 13.8. The normalized spacial score (nSPS) is 15.2. The Bertz CT molecular complexity index is 1690. The number of carbonyl (C=O) groups excluding carboxylic acids is 3. The maximum atomic E-state index is 13.8. The molecule has 1 unspecified atom stereocenters. The molecule has 13 nitrogen and oxygen atoms in total. The zero-order chi connectivity index (χ0) is 35.8. The Morgan fingerprint density at radius 3 is 2.38 bits per heavy atom. The minimum Gasteiger partial charge on any atom is -0.475 e. The molecule has 0 spiro atoms. The van der Waals surface area contributed by atoms with Gasteiger partial charge in [0.1, 0.15) is 12.0 Å². The number of guanidine groups is 1. The van der Waals surface area contributed by atoms with Gasteiger partial charge < -0.3 is 31.1 Å². The number of carboxylic acid groups (broad SMARTS) is 1. The molecule has 6 N–H and O–H groups in total. The topological polar surface area (TPSA) is 187 Å². The van der Waals surface area contributed by atoms with Crippen LogP contribution < -0.4 is 21.3 Å². The summed E-state index contributed by atoms with van der Waals surface area (Å²) in [5.41, 5.74) is -0.757. The zero-order valence-electron chi connectivity index (χ0n) is 24.4. The van der Waals surface area contributed by atoms with Gasteiger partial charge in [-0.1, -0.05) is 6.07 Å². The molecule has 260 valence electrons. The van der Waals surface area contributed by atoms with E-state index in [1.54, 1.807) is 0 Å². The van der Waals surface area contributed by atoms with E-state index in [-0.39, 0.29) is 24.2 Å². The van der Waals surface area contributed by atoms with Crippen molar-refractivity contribution in [2.24, 2.45) is 4.99 Å². The predicted molar refractivity (Wildman–Crippen MR) is 150 cm³/mol. The second-order valence-electron chi connectivity index (χ2n) is 9.77. The number of nitrogens with one attached hydrogen (secondary N) is 5. The summed E-state index contributed by atoms with van der Waals surface area (Å²) in [5.74, 6) is -6.35. The number of nitrogens with zero attached hydrogens (tertiary/aromatic N) is 2. The van der Waals surface area contributed by atoms with Crippen molar-refractivity contribution >= 4 is 46.3 Å². The first-order valence-corrected chi connectivity index (χ1v) is 13.4. The lowest BCUT2D eigenvalue weighted by molar-refractivity contribution is -0.192. The third-order valence-electron chi connectivity index (χ3n) is 6.30. The molecule has 0 aliphatic carbocycles. The molecule has 0 radical (unpaired) electrons. The zero-order valence-corrected chi connectivity index (χ0v) is 24.4. The van der Waals surface area contributed by atoms with Crippen molar-refractivity contribution in [3.8, 4) is 0 Å². The number of ether oxygens (including phenoxy) is 1. The van der Waals surface area contributed by atoms with Gasteiger partial charge in [0, 0.05) is 10.9 Å². The molecule has 0 fully saturated rings. The number of halogens is 8. The van der Waals surface area contributed by atoms with Crippen molar-refractivity contribution in [2.75, 3.05) is 32.1 Å². The molecular formula is C27H25F8N7O6. The number of esters is 1. The average Bonchev–Trinajstić information content (AvgIpc) is 3.49. The quantitative estimate of drug-likeness (QED) is 0.152. The lowest BCUT2D eigenvalue weighted by Crippen LogP contribution is -2.41. The van der Waals surface area contributed by atoms with Crippen LogP contribution in [0.5, 0.6) is 0 Å². The molecule has 0 saturated heterocycles. The Labute approximate surface area is 264 Å². The molecule has 2 aromatic carbocycles. The van der Waals surface area contributed by atoms with Crippen LogP contribution in [0, 0.1) is 5.82 Å². The number of carbonyl (C=O) groups is 4. The van der Waals surface area contributed by atoms with E-state index in [9.17, 15) is 49.5 Å². The molecule has 48 heavy (non-hydrogen) atoms. The molecule has 1 aromatic heterocycles. The molecule has 2 atom stereocenters. The first-order chi connectivity index (χ1) is 22.4. The summed E-state index contributed by atoms with van der Waals surface area (Å²) in [7, 11) is 1.06. The molecule has 0 saturated carbocycles. The average molecular weight is 696 g/mol. The second kappa shape index (κ2) is 15.4. The van der Waals surface area contributed by atoms with Gasteiger partial charge in [-0.05, 0) is 29.8 Å². The predicted octanol–water partition coefficient (Wildman–Crippen LogP) is 3.21. The summed E-state index contributed by atoms with van der Waals surface area (Å²) in [5, 5.41) is 24.9. The third kappa shape index (κ3) is 10.3. The molecule has 2 amide bonds. The van der Waals surface area contributed by atoms with Gasteiger partial charge >= 0.3 is 24.3 Å². The first kappa shape index (κ1) is 37.0. The van der Waals surface area contributed by atoms with E-state index in [0.29, 0.717) is 34.7 Å². The highest BCUT2D eigenvalue weighted by atomic mass is 19.4. The fourth-order valence-corrected chi connectivity index (χ4v) is 4.00. The van der Waals surface area contributed by atoms with E-state index in [0.717, 1.165) is 13.2 Å². The van der Waals surface area contributed by atoms with Crippen molar-refractivity contribution < 1.29 is 64.1 Å². The minimum absolute atomic E-state index is 0.0361. The van der Waals surface area contributed by atoms with Crippen molar-refractivity contribution in [3.05, 3.63) is 59.0 Å². The Hall–Kier alpha value is -5.50. The number of aromatic nitrogens is 2. The number of carboxylic acids is 1. The van der Waals surface area contributed by atoms with Gasteiger partial charge in [-0.15, -0.1) is 0 Å². The monoisotopic (exact) mass is 695 g/mol. The summed E-state index contributed by atoms with van der Waals surface area (Å²) in [6, 6.07) is 3.72. The molecule has 4 rings (SSSR count). The molecule has 0 bridgehead atoms. The van der Waals surface area contributed by atoms with Crippen LogP contribution in [0.1, 0.15) is 33.9 Å². The van der Waals surface area contributed by atoms with Crippen LogP contribution in [0.25, 0.3) is 10.9 Å². The van der Waals surface area contributed by atoms with Gasteiger partial charge in [0.25, 0.3) is 5.91 Å². The molecule has 1 aliphatic heterocycles. The number of aliphatic imine (C=N–C) groups is 1. The van der Waals surface area contributed by atoms with Gasteiger partial charge in [0.15, 0.2) is 5.96 Å². The van der Waals surface area contributed by atoms with E-state index < -0.39 is 72.7 Å². The van der Waals surface area contributed by atoms with Crippen molar-refractivity contribution in [3.63, 3.8) is 0 Å². The molecule has 3 aromatic rings. The van der Waals surface area contributed by atoms with Crippen LogP contribution in [-0.4, -0.2) is 84.1 Å². The second-order valence-corrected chi connectivity index (χ2v) is 9.77. The SMILES string of the molecule is COC(=O)C[C@H](NC(=O)CNC(=O)c1cc(NC2=NCC(F)CN2)c2cn[nH]c2c1)c1ccc(F)c(C(F)(F)F)c1.O=C(O)C(F)(F)F. The number of aliphatic carboxylic acids is 1. The van der Waals surface area contributed by atoms with Crippen LogP contribution in [0.3, 0.4) is 0 Å². The lowest BCUT2D eigenvalue weighted by Gasteiger charge is -2.20. The number of aromatic amines is 1. The van der Waals surface area contributed by atoms with Crippen molar-refractivity contribution in [1.82, 2.24) is 26.1 Å². The standard InChI is InChI=1S/C25H24F5N7O4.C2HF3O2/c1-41-22(39)7-18(12-2-3-17(27)16(4-12)25(28,29)30)35-21(38)11-31-23(40)13-5-19(15-10-34-37-20(15)6-13)36-24-32-8-14(26)9-33-24;3-2(4,5)1(6)7/h2-6,10,14,18H,7-9,11H2,1H3,(H,31,40)(H,34,37)(H,35,38)(H2,32,33,36);(H,6,7)/t18-;/m0./s1. The van der Waals surface area contributed by atoms with Crippen LogP contribution in [0.15, 0.2) is 41.5 Å². The first-order valence-electron chi connectivity index (χ1n) is 13.4. The molecule has 1 aliphatic rings. The highest BCUT2D eigenvalue weighted by molar-refractivity contribution is 6.07. The van der Waals surface area contributed by atoms with Crippen LogP contribution in [0.2, 0.25) is 0 Å². The van der Waals surface area contributed by atoms with Crippen LogP contribution in [0.4, 0.5) is 40.8 Å². The lowest BCUT2D eigenvalue weighted by atomic mass is 10.0. The van der Waals surface area contributed by atoms with Gasteiger partial charge in [-0.3, -0.25) is 19.5 Å². The summed E-state index contributed by atoms with van der Waals surface area (Å²) in [6.07, 6.45) is -10.3. The number of H-pyrrole nitrogens is 1. The minimum atomic E-state index is -5.08. The molecule has 21 heteroatoms. The van der Waals surface area contributed by atoms with E-state index in [4.69, 9.17) is 9.90 Å². The Morgan fingerprint density at radius 1 is 1.10 bits per heavy atom. The highest BCUT2D eigenvalue weighted by Gasteiger charge is 2.38. The van der Waals surface area contributed by atoms with Gasteiger partial charge in [-0.2, -0.15) is 31.4 Å². The number of benzene rings is 2. The Kier molecular flexibility index (Phi) is 11.9. The van der Waals surface area contributed by atoms with Crippen molar-refractivity contribution in [1.29, 1.82) is 0 Å². The number of methoxy groups -OCH3 is 1. The summed E-state index contributed by atoms with van der Waals surface area (Å²) in [4.78, 5) is 50.4. The smallest absolute Gasteiger partial charge is 0.475 e. The van der Waals surface area contributed by atoms with E-state index >= 15 is 0 Å². The number of fused-ring (bicyclic) bond motifs is 1. The van der Waals surface area contributed by atoms with E-state index in [1.807, 2.05) is 0 Å². The number of hydrogen-bond donors (Lipinski definition) is 6. The maximum Gasteiger partial charge on any atom is 0.490 e. The van der Waals surface area contributed by atoms with Crippen LogP contribution in [-0.2, 0) is 25.3 Å². The van der Waals surface area contributed by atoms with Gasteiger partial charge in [0.05, 0.1) is 62.2 Å². The summed E-state index contributed by atoms with van der Waals surface area (Å²) in [6.45, 7) is -0.590. The number of anilines is 1. The number of rotatable bonds is 8. The van der Waals surface area contributed by atoms with Gasteiger partial charge in [0.2, 0.25) is 5.91 Å². The fraction of sp³-hybridized carbons (Fsp3) is 0.333. The Balaban J connectivity index is 0.000000804. The number of alkyl halides is 7. The molecular weight excluding hydrogens is 670 g/mol. The van der Waals surface area contributed by atoms with Gasteiger partial charge in [-0.25, -0.2) is 18.6 Å². The summed E-state index contributed by atoms with van der Waals surface area (Å²) >= 11 is 0. The van der Waals surface area contributed by atoms with E-state index in [2.05, 4.69) is 41.2 Å². The number of amides is 2. The fourth-order valence-electron chi connectivity index (χ4n) is 4.00. The van der Waals surface area contributed by atoms with Crippen LogP contribution >= 0.6 is 0 Å². The largest absolute Gasteiger partial charge is 0.490 e. The Morgan fingerprint density at radius 2 is 1.79 bits per heavy atom. The van der Waals surface area contributed by atoms with E-state index in [1.165, 1.54) is 18.3 Å².